The molecule has 2 heterocycles. The highest BCUT2D eigenvalue weighted by Crippen LogP contribution is 2.31. The smallest absolute Gasteiger partial charge is 0.225 e. The van der Waals surface area contributed by atoms with E-state index in [1.165, 1.54) is 25.7 Å². The lowest BCUT2D eigenvalue weighted by atomic mass is 10.0. The third kappa shape index (κ3) is 3.56. The first kappa shape index (κ1) is 16.6. The number of likely N-dealkylation sites (tertiary alicyclic amines) is 2. The van der Waals surface area contributed by atoms with Gasteiger partial charge in [0.2, 0.25) is 11.8 Å². The molecule has 0 aromatic heterocycles. The minimum Gasteiger partial charge on any atom is -0.352 e. The van der Waals surface area contributed by atoms with E-state index in [1.807, 2.05) is 35.2 Å². The van der Waals surface area contributed by atoms with Crippen molar-refractivity contribution in [3.05, 3.63) is 35.9 Å². The number of amides is 2. The molecule has 5 nitrogen and oxygen atoms in total. The van der Waals surface area contributed by atoms with E-state index in [0.29, 0.717) is 25.6 Å². The van der Waals surface area contributed by atoms with Crippen molar-refractivity contribution in [2.45, 2.75) is 50.7 Å². The van der Waals surface area contributed by atoms with Crippen LogP contribution >= 0.6 is 0 Å². The Morgan fingerprint density at radius 3 is 2.48 bits per heavy atom. The van der Waals surface area contributed by atoms with Crippen molar-refractivity contribution < 1.29 is 9.59 Å². The largest absolute Gasteiger partial charge is 0.352 e. The van der Waals surface area contributed by atoms with Crippen molar-refractivity contribution in [1.82, 2.24) is 15.1 Å². The van der Waals surface area contributed by atoms with E-state index >= 15 is 0 Å². The minimum atomic E-state index is -0.197. The zero-order valence-corrected chi connectivity index (χ0v) is 14.7. The van der Waals surface area contributed by atoms with Crippen molar-refractivity contribution >= 4 is 11.8 Å². The predicted molar refractivity (Wildman–Crippen MR) is 95.7 cm³/mol. The van der Waals surface area contributed by atoms with E-state index in [1.54, 1.807) is 0 Å². The van der Waals surface area contributed by atoms with Crippen molar-refractivity contribution in [2.24, 2.45) is 5.92 Å². The lowest BCUT2D eigenvalue weighted by Crippen LogP contribution is -2.62. The maximum Gasteiger partial charge on any atom is 0.225 e. The van der Waals surface area contributed by atoms with Gasteiger partial charge in [0, 0.05) is 38.6 Å². The molecule has 25 heavy (non-hydrogen) atoms. The Morgan fingerprint density at radius 1 is 1.04 bits per heavy atom. The second kappa shape index (κ2) is 7.16. The number of nitrogens with one attached hydrogen (secondary N) is 1. The van der Waals surface area contributed by atoms with E-state index in [2.05, 4.69) is 10.2 Å². The van der Waals surface area contributed by atoms with Crippen LogP contribution in [0.1, 0.15) is 37.7 Å². The first-order valence-corrected chi connectivity index (χ1v) is 9.56. The molecule has 134 valence electrons. The van der Waals surface area contributed by atoms with Crippen LogP contribution in [0.25, 0.3) is 0 Å². The summed E-state index contributed by atoms with van der Waals surface area (Å²) < 4.78 is 0. The van der Waals surface area contributed by atoms with Crippen molar-refractivity contribution in [1.29, 1.82) is 0 Å². The molecule has 2 amide bonds. The summed E-state index contributed by atoms with van der Waals surface area (Å²) in [4.78, 5) is 29.2. The van der Waals surface area contributed by atoms with Gasteiger partial charge in [-0.25, -0.2) is 0 Å². The number of carbonyl (C=O) groups is 2. The van der Waals surface area contributed by atoms with Gasteiger partial charge in [-0.05, 0) is 18.4 Å². The molecular weight excluding hydrogens is 314 g/mol. The Labute approximate surface area is 149 Å². The first-order valence-electron chi connectivity index (χ1n) is 9.56. The van der Waals surface area contributed by atoms with Crippen molar-refractivity contribution in [3.63, 3.8) is 0 Å². The maximum absolute atomic E-state index is 12.4. The number of nitrogens with zero attached hydrogens (tertiary/aromatic N) is 2. The Hall–Kier alpha value is -1.88. The molecule has 3 fully saturated rings. The van der Waals surface area contributed by atoms with Crippen LogP contribution in [0.4, 0.5) is 0 Å². The lowest BCUT2D eigenvalue weighted by molar-refractivity contribution is -0.133. The zero-order chi connectivity index (χ0) is 17.2. The summed E-state index contributed by atoms with van der Waals surface area (Å²) in [6.45, 7) is 3.11. The zero-order valence-electron chi connectivity index (χ0n) is 14.7. The Morgan fingerprint density at radius 2 is 1.76 bits per heavy atom. The molecule has 2 saturated heterocycles. The average Bonchev–Trinajstić information content (AvgIpc) is 3.23. The first-order chi connectivity index (χ1) is 12.2. The van der Waals surface area contributed by atoms with Gasteiger partial charge in [-0.1, -0.05) is 43.2 Å². The predicted octanol–water partition coefficient (Wildman–Crippen LogP) is 1.78. The summed E-state index contributed by atoms with van der Waals surface area (Å²) in [7, 11) is 0. The summed E-state index contributed by atoms with van der Waals surface area (Å²) in [5.41, 5.74) is 1.09. The summed E-state index contributed by atoms with van der Waals surface area (Å²) in [6.07, 6.45) is 5.67. The van der Waals surface area contributed by atoms with Gasteiger partial charge in [0.15, 0.2) is 0 Å². The summed E-state index contributed by atoms with van der Waals surface area (Å²) in [6, 6.07) is 11.0. The van der Waals surface area contributed by atoms with E-state index in [4.69, 9.17) is 0 Å². The summed E-state index contributed by atoms with van der Waals surface area (Å²) in [5.74, 6) is -0.0423. The molecule has 3 aliphatic rings. The standard InChI is InChI=1S/C20H27N3O2/c24-19-10-16(20(25)21-11-15-6-2-1-3-7-15)12-23(19)18-13-22(14-18)17-8-4-5-9-17/h1-3,6-7,16-18H,4-5,8-14H2,(H,21,25). The second-order valence-electron chi connectivity index (χ2n) is 7.70. The van der Waals surface area contributed by atoms with Gasteiger partial charge < -0.3 is 10.2 Å². The highest BCUT2D eigenvalue weighted by atomic mass is 16.2. The molecule has 1 aromatic rings. The van der Waals surface area contributed by atoms with E-state index < -0.39 is 0 Å². The summed E-state index contributed by atoms with van der Waals surface area (Å²) in [5, 5.41) is 2.98. The van der Waals surface area contributed by atoms with Gasteiger partial charge in [0.05, 0.1) is 12.0 Å². The van der Waals surface area contributed by atoms with Gasteiger partial charge >= 0.3 is 0 Å². The monoisotopic (exact) mass is 341 g/mol. The lowest BCUT2D eigenvalue weighted by Gasteiger charge is -2.47. The fourth-order valence-electron chi connectivity index (χ4n) is 4.44. The van der Waals surface area contributed by atoms with Crippen molar-refractivity contribution in [2.75, 3.05) is 19.6 Å². The van der Waals surface area contributed by atoms with Crippen LogP contribution in [0.3, 0.4) is 0 Å². The number of carbonyl (C=O) groups excluding carboxylic acids is 2. The molecule has 0 bridgehead atoms. The normalized spacial score (nSPS) is 25.4. The molecule has 1 aliphatic carbocycles. The highest BCUT2D eigenvalue weighted by molar-refractivity contribution is 5.89. The van der Waals surface area contributed by atoms with Crippen LogP contribution in [0, 0.1) is 5.92 Å². The number of hydrogen-bond acceptors (Lipinski definition) is 3. The molecule has 1 unspecified atom stereocenters. The van der Waals surface area contributed by atoms with E-state index in [-0.39, 0.29) is 17.7 Å². The molecule has 5 heteroatoms. The summed E-state index contributed by atoms with van der Waals surface area (Å²) >= 11 is 0. The van der Waals surface area contributed by atoms with Gasteiger partial charge in [0.1, 0.15) is 0 Å². The molecule has 1 aromatic carbocycles. The van der Waals surface area contributed by atoms with Crippen LogP contribution in [0.5, 0.6) is 0 Å². The molecule has 2 aliphatic heterocycles. The van der Waals surface area contributed by atoms with Crippen LogP contribution in [-0.2, 0) is 16.1 Å². The number of hydrogen-bond donors (Lipinski definition) is 1. The van der Waals surface area contributed by atoms with Crippen LogP contribution in [0.2, 0.25) is 0 Å². The van der Waals surface area contributed by atoms with Gasteiger partial charge in [-0.3, -0.25) is 14.5 Å². The third-order valence-electron chi connectivity index (χ3n) is 6.01. The molecule has 1 saturated carbocycles. The SMILES string of the molecule is O=C(NCc1ccccc1)C1CC(=O)N(C2CN(C3CCCC3)C2)C1. The molecule has 4 rings (SSSR count). The van der Waals surface area contributed by atoms with Crippen LogP contribution in [0.15, 0.2) is 30.3 Å². The maximum atomic E-state index is 12.4. The van der Waals surface area contributed by atoms with Gasteiger partial charge in [-0.2, -0.15) is 0 Å². The fourth-order valence-corrected chi connectivity index (χ4v) is 4.44. The molecular formula is C20H27N3O2. The number of rotatable bonds is 5. The van der Waals surface area contributed by atoms with Crippen LogP contribution in [-0.4, -0.2) is 53.3 Å². The Balaban J connectivity index is 1.25. The van der Waals surface area contributed by atoms with E-state index in [0.717, 1.165) is 24.7 Å². The van der Waals surface area contributed by atoms with Gasteiger partial charge in [0.25, 0.3) is 0 Å². The Bertz CT molecular complexity index is 621. The Kier molecular flexibility index (Phi) is 4.75. The average molecular weight is 341 g/mol. The number of benzene rings is 1. The third-order valence-corrected chi connectivity index (χ3v) is 6.01. The highest BCUT2D eigenvalue weighted by Gasteiger charge is 2.43. The van der Waals surface area contributed by atoms with Crippen LogP contribution < -0.4 is 5.32 Å². The molecule has 0 spiro atoms. The van der Waals surface area contributed by atoms with Gasteiger partial charge in [-0.15, -0.1) is 0 Å². The molecule has 1 N–H and O–H groups in total. The second-order valence-corrected chi connectivity index (χ2v) is 7.70. The fraction of sp³-hybridized carbons (Fsp3) is 0.600. The molecule has 1 atom stereocenters. The van der Waals surface area contributed by atoms with E-state index in [9.17, 15) is 9.59 Å². The molecule has 0 radical (unpaired) electrons. The minimum absolute atomic E-state index is 0.00618. The van der Waals surface area contributed by atoms with Crippen molar-refractivity contribution in [3.8, 4) is 0 Å². The quantitative estimate of drug-likeness (QED) is 0.888. The topological polar surface area (TPSA) is 52.7 Å².